The molecule has 0 radical (unpaired) electrons. The maximum atomic E-state index is 14.4. The van der Waals surface area contributed by atoms with Gasteiger partial charge in [-0.2, -0.15) is 0 Å². The number of benzene rings is 1. The number of carbonyl (C=O) groups excluding carboxylic acids is 1. The molecule has 1 aliphatic carbocycles. The first-order valence-corrected chi connectivity index (χ1v) is 9.77. The fraction of sp³-hybridized carbons (Fsp3) is 0.400. The van der Waals surface area contributed by atoms with E-state index in [2.05, 4.69) is 30.5 Å². The number of halogens is 1. The van der Waals surface area contributed by atoms with Gasteiger partial charge < -0.3 is 20.0 Å². The van der Waals surface area contributed by atoms with Crippen molar-refractivity contribution in [1.29, 1.82) is 0 Å². The van der Waals surface area contributed by atoms with Crippen LogP contribution in [0.2, 0.25) is 0 Å². The van der Waals surface area contributed by atoms with Crippen molar-refractivity contribution in [2.24, 2.45) is 0 Å². The number of oxazole rings is 1. The van der Waals surface area contributed by atoms with Crippen LogP contribution >= 0.6 is 0 Å². The summed E-state index contributed by atoms with van der Waals surface area (Å²) in [6, 6.07) is 3.69. The van der Waals surface area contributed by atoms with E-state index in [9.17, 15) is 9.18 Å². The van der Waals surface area contributed by atoms with E-state index in [0.29, 0.717) is 34.9 Å². The Morgan fingerprint density at radius 3 is 2.86 bits per heavy atom. The minimum atomic E-state index is -0.584. The van der Waals surface area contributed by atoms with Crippen molar-refractivity contribution >= 4 is 28.5 Å². The summed E-state index contributed by atoms with van der Waals surface area (Å²) in [5.74, 6) is -0.148. The first-order valence-electron chi connectivity index (χ1n) is 9.77. The van der Waals surface area contributed by atoms with E-state index in [1.807, 2.05) is 0 Å². The third-order valence-corrected chi connectivity index (χ3v) is 5.26. The van der Waals surface area contributed by atoms with Gasteiger partial charge in [0, 0.05) is 56.6 Å². The average molecular weight is 396 g/mol. The highest BCUT2D eigenvalue weighted by Crippen LogP contribution is 2.27. The third kappa shape index (κ3) is 3.65. The number of fused-ring (bicyclic) bond motifs is 1. The topological polar surface area (TPSA) is 96.2 Å². The lowest BCUT2D eigenvalue weighted by atomic mass is 10.2. The van der Waals surface area contributed by atoms with Gasteiger partial charge in [-0.3, -0.25) is 4.79 Å². The smallest absolute Gasteiger partial charge is 0.278 e. The molecule has 1 atom stereocenters. The van der Waals surface area contributed by atoms with Crippen molar-refractivity contribution in [2.75, 3.05) is 23.3 Å². The summed E-state index contributed by atoms with van der Waals surface area (Å²) in [5, 5.41) is 6.21. The fourth-order valence-electron chi connectivity index (χ4n) is 3.74. The van der Waals surface area contributed by atoms with Crippen LogP contribution in [0.1, 0.15) is 35.6 Å². The van der Waals surface area contributed by atoms with Crippen molar-refractivity contribution in [3.63, 3.8) is 0 Å². The lowest BCUT2D eigenvalue weighted by Gasteiger charge is -2.20. The number of aryl methyl sites for hydroxylation is 1. The van der Waals surface area contributed by atoms with Crippen LogP contribution < -0.4 is 15.5 Å². The van der Waals surface area contributed by atoms with Crippen LogP contribution in [0.5, 0.6) is 0 Å². The molecule has 1 unspecified atom stereocenters. The van der Waals surface area contributed by atoms with Crippen LogP contribution in [0.4, 0.5) is 15.9 Å². The number of hydrogen-bond acceptors (Lipinski definition) is 7. The van der Waals surface area contributed by atoms with Crippen LogP contribution in [0.15, 0.2) is 28.9 Å². The number of rotatable bonds is 5. The SMILES string of the molecule is Cc1nc2cc(F)c(NC(=O)c3nccnc3N3CCC(NC4CC4)C3)cc2o1. The van der Waals surface area contributed by atoms with Crippen molar-refractivity contribution in [3.8, 4) is 0 Å². The van der Waals surface area contributed by atoms with Crippen molar-refractivity contribution in [3.05, 3.63) is 41.9 Å². The molecule has 0 spiro atoms. The minimum Gasteiger partial charge on any atom is -0.441 e. The van der Waals surface area contributed by atoms with Gasteiger partial charge in [-0.25, -0.2) is 19.3 Å². The fourth-order valence-corrected chi connectivity index (χ4v) is 3.74. The molecule has 2 aromatic heterocycles. The van der Waals surface area contributed by atoms with Crippen molar-refractivity contribution in [1.82, 2.24) is 20.3 Å². The quantitative estimate of drug-likeness (QED) is 0.684. The number of hydrogen-bond donors (Lipinski definition) is 2. The molecule has 1 aromatic carbocycles. The summed E-state index contributed by atoms with van der Waals surface area (Å²) in [7, 11) is 0. The Balaban J connectivity index is 1.37. The van der Waals surface area contributed by atoms with E-state index in [-0.39, 0.29) is 11.4 Å². The average Bonchev–Trinajstić information content (AvgIpc) is 3.26. The van der Waals surface area contributed by atoms with E-state index in [1.165, 1.54) is 31.2 Å². The molecular weight excluding hydrogens is 375 g/mol. The highest BCUT2D eigenvalue weighted by Gasteiger charge is 2.31. The molecule has 150 valence electrons. The van der Waals surface area contributed by atoms with Crippen LogP contribution in [-0.4, -0.2) is 46.0 Å². The molecule has 2 aliphatic rings. The lowest BCUT2D eigenvalue weighted by Crippen LogP contribution is -2.34. The Hall–Kier alpha value is -3.07. The maximum Gasteiger partial charge on any atom is 0.278 e. The Morgan fingerprint density at radius 2 is 2.03 bits per heavy atom. The second kappa shape index (κ2) is 7.07. The van der Waals surface area contributed by atoms with Gasteiger partial charge in [0.2, 0.25) is 0 Å². The Morgan fingerprint density at radius 1 is 1.21 bits per heavy atom. The molecule has 8 nitrogen and oxygen atoms in total. The van der Waals surface area contributed by atoms with Crippen LogP contribution in [0.25, 0.3) is 11.1 Å². The highest BCUT2D eigenvalue weighted by atomic mass is 19.1. The first kappa shape index (κ1) is 18.0. The molecule has 1 saturated heterocycles. The Bertz CT molecular complexity index is 1080. The predicted molar refractivity (Wildman–Crippen MR) is 105 cm³/mol. The van der Waals surface area contributed by atoms with Gasteiger partial charge in [0.25, 0.3) is 5.91 Å². The standard InChI is InChI=1S/C20H21FN6O2/c1-11-24-16-8-14(21)15(9-17(16)29-11)26-20(28)18-19(23-6-5-22-18)27-7-4-13(10-27)25-12-2-3-12/h5-6,8-9,12-13,25H,2-4,7,10H2,1H3,(H,26,28). The molecule has 3 heterocycles. The number of amides is 1. The second-order valence-electron chi connectivity index (χ2n) is 7.59. The van der Waals surface area contributed by atoms with Gasteiger partial charge in [0.1, 0.15) is 11.3 Å². The molecule has 0 bridgehead atoms. The number of anilines is 2. The van der Waals surface area contributed by atoms with Gasteiger partial charge in [-0.1, -0.05) is 0 Å². The van der Waals surface area contributed by atoms with Gasteiger partial charge in [-0.05, 0) is 19.3 Å². The lowest BCUT2D eigenvalue weighted by molar-refractivity contribution is 0.102. The zero-order chi connectivity index (χ0) is 20.0. The van der Waals surface area contributed by atoms with Crippen LogP contribution in [-0.2, 0) is 0 Å². The number of aromatic nitrogens is 3. The summed E-state index contributed by atoms with van der Waals surface area (Å²) in [6.45, 7) is 3.25. The Labute approximate surface area is 166 Å². The molecule has 1 aliphatic heterocycles. The van der Waals surface area contributed by atoms with Crippen LogP contribution in [0.3, 0.4) is 0 Å². The highest BCUT2D eigenvalue weighted by molar-refractivity contribution is 6.06. The Kier molecular flexibility index (Phi) is 4.39. The molecule has 29 heavy (non-hydrogen) atoms. The van der Waals surface area contributed by atoms with E-state index in [1.54, 1.807) is 13.1 Å². The van der Waals surface area contributed by atoms with Gasteiger partial charge in [0.05, 0.1) is 5.69 Å². The summed E-state index contributed by atoms with van der Waals surface area (Å²) >= 11 is 0. The van der Waals surface area contributed by atoms with Gasteiger partial charge in [-0.15, -0.1) is 0 Å². The molecule has 1 saturated carbocycles. The predicted octanol–water partition coefficient (Wildman–Crippen LogP) is 2.65. The number of carbonyl (C=O) groups is 1. The molecule has 3 aromatic rings. The second-order valence-corrected chi connectivity index (χ2v) is 7.59. The summed E-state index contributed by atoms with van der Waals surface area (Å²) in [5.41, 5.74) is 1.01. The van der Waals surface area contributed by atoms with Gasteiger partial charge >= 0.3 is 0 Å². The molecular formula is C20H21FN6O2. The zero-order valence-corrected chi connectivity index (χ0v) is 16.0. The summed E-state index contributed by atoms with van der Waals surface area (Å²) in [4.78, 5) is 27.6. The largest absolute Gasteiger partial charge is 0.441 e. The van der Waals surface area contributed by atoms with Crippen molar-refractivity contribution in [2.45, 2.75) is 38.3 Å². The van der Waals surface area contributed by atoms with E-state index in [0.717, 1.165) is 19.5 Å². The maximum absolute atomic E-state index is 14.4. The van der Waals surface area contributed by atoms with Crippen LogP contribution in [0, 0.1) is 12.7 Å². The molecule has 2 fully saturated rings. The summed E-state index contributed by atoms with van der Waals surface area (Å²) in [6.07, 6.45) is 6.49. The zero-order valence-electron chi connectivity index (χ0n) is 16.0. The van der Waals surface area contributed by atoms with E-state index < -0.39 is 11.7 Å². The molecule has 1 amide bonds. The number of nitrogens with zero attached hydrogens (tertiary/aromatic N) is 4. The minimum absolute atomic E-state index is 0.0185. The van der Waals surface area contributed by atoms with Crippen molar-refractivity contribution < 1.29 is 13.6 Å². The monoisotopic (exact) mass is 396 g/mol. The van der Waals surface area contributed by atoms with E-state index >= 15 is 0 Å². The van der Waals surface area contributed by atoms with Gasteiger partial charge in [0.15, 0.2) is 23.0 Å². The molecule has 2 N–H and O–H groups in total. The molecule has 9 heteroatoms. The third-order valence-electron chi connectivity index (χ3n) is 5.26. The first-order chi connectivity index (χ1) is 14.1. The molecule has 5 rings (SSSR count). The summed E-state index contributed by atoms with van der Waals surface area (Å²) < 4.78 is 19.9. The normalized spacial score (nSPS) is 19.1. The number of nitrogens with one attached hydrogen (secondary N) is 2. The van der Waals surface area contributed by atoms with E-state index in [4.69, 9.17) is 4.42 Å².